The van der Waals surface area contributed by atoms with Gasteiger partial charge in [0.15, 0.2) is 0 Å². The largest absolute Gasteiger partial charge is 0.321 e. The van der Waals surface area contributed by atoms with Crippen molar-refractivity contribution in [3.63, 3.8) is 0 Å². The molecule has 0 saturated heterocycles. The molecule has 1 aromatic heterocycles. The zero-order valence-corrected chi connectivity index (χ0v) is 16.9. The van der Waals surface area contributed by atoms with Gasteiger partial charge in [-0.25, -0.2) is 4.39 Å². The van der Waals surface area contributed by atoms with Crippen LogP contribution in [0.4, 0.5) is 15.1 Å². The van der Waals surface area contributed by atoms with Crippen LogP contribution in [-0.4, -0.2) is 11.8 Å². The first kappa shape index (κ1) is 20.2. The number of amides is 2. The molecule has 7 heteroatoms. The van der Waals surface area contributed by atoms with E-state index in [1.54, 1.807) is 19.1 Å². The zero-order chi connectivity index (χ0) is 21.1. The van der Waals surface area contributed by atoms with Crippen LogP contribution < -0.4 is 10.6 Å². The van der Waals surface area contributed by atoms with E-state index in [9.17, 15) is 19.2 Å². The predicted molar refractivity (Wildman–Crippen MR) is 112 cm³/mol. The van der Waals surface area contributed by atoms with Crippen LogP contribution in [0.5, 0.6) is 0 Å². The summed E-state index contributed by atoms with van der Waals surface area (Å²) in [4.78, 5) is 25.5. The Balaban J connectivity index is 1.90. The summed E-state index contributed by atoms with van der Waals surface area (Å²) in [5.74, 6) is -1.71. The van der Waals surface area contributed by atoms with Crippen molar-refractivity contribution in [1.29, 1.82) is 5.26 Å². The molecule has 2 aromatic carbocycles. The molecule has 0 fully saturated rings. The van der Waals surface area contributed by atoms with Gasteiger partial charge >= 0.3 is 0 Å². The summed E-state index contributed by atoms with van der Waals surface area (Å²) in [7, 11) is 0. The maximum Gasteiger partial charge on any atom is 0.266 e. The van der Waals surface area contributed by atoms with Crippen molar-refractivity contribution in [3.8, 4) is 6.07 Å². The topological polar surface area (TPSA) is 82.0 Å². The van der Waals surface area contributed by atoms with Gasteiger partial charge in [0.05, 0.1) is 16.0 Å². The minimum Gasteiger partial charge on any atom is -0.321 e. The van der Waals surface area contributed by atoms with Crippen LogP contribution in [0.1, 0.15) is 42.3 Å². The molecule has 0 spiro atoms. The number of anilines is 2. The summed E-state index contributed by atoms with van der Waals surface area (Å²) in [6.07, 6.45) is 0. The third-order valence-electron chi connectivity index (χ3n) is 4.66. The fourth-order valence-corrected chi connectivity index (χ4v) is 3.88. The summed E-state index contributed by atoms with van der Waals surface area (Å²) < 4.78 is 13.9. The molecule has 0 atom stereocenters. The monoisotopic (exact) mass is 407 g/mol. The van der Waals surface area contributed by atoms with Gasteiger partial charge in [-0.1, -0.05) is 24.3 Å². The number of hydrogen-bond acceptors (Lipinski definition) is 4. The van der Waals surface area contributed by atoms with Gasteiger partial charge < -0.3 is 10.6 Å². The van der Waals surface area contributed by atoms with Crippen molar-refractivity contribution < 1.29 is 14.0 Å². The van der Waals surface area contributed by atoms with Crippen molar-refractivity contribution in [2.75, 3.05) is 10.6 Å². The molecular weight excluding hydrogens is 389 g/mol. The summed E-state index contributed by atoms with van der Waals surface area (Å²) in [5, 5.41) is 15.1. The third-order valence-corrected chi connectivity index (χ3v) is 5.87. The lowest BCUT2D eigenvalue weighted by Gasteiger charge is -2.09. The Kier molecular flexibility index (Phi) is 5.76. The second-order valence-electron chi connectivity index (χ2n) is 6.51. The van der Waals surface area contributed by atoms with E-state index in [2.05, 4.69) is 10.6 Å². The van der Waals surface area contributed by atoms with Crippen LogP contribution in [0.15, 0.2) is 42.5 Å². The van der Waals surface area contributed by atoms with Gasteiger partial charge in [-0.3, -0.25) is 9.59 Å². The number of hydrogen-bond donors (Lipinski definition) is 2. The van der Waals surface area contributed by atoms with E-state index in [1.165, 1.54) is 18.2 Å². The van der Waals surface area contributed by atoms with E-state index in [4.69, 9.17) is 0 Å². The normalized spacial score (nSPS) is 10.3. The maximum atomic E-state index is 13.9. The fraction of sp³-hybridized carbons (Fsp3) is 0.136. The minimum absolute atomic E-state index is 0.135. The quantitative estimate of drug-likeness (QED) is 0.624. The fourth-order valence-electron chi connectivity index (χ4n) is 2.83. The van der Waals surface area contributed by atoms with E-state index < -0.39 is 11.7 Å². The molecule has 0 saturated carbocycles. The number of thiophene rings is 1. The van der Waals surface area contributed by atoms with E-state index >= 15 is 0 Å². The number of nitrogens with zero attached hydrogens (tertiary/aromatic N) is 1. The van der Waals surface area contributed by atoms with E-state index in [0.29, 0.717) is 16.1 Å². The van der Waals surface area contributed by atoms with Gasteiger partial charge in [-0.2, -0.15) is 5.26 Å². The summed E-state index contributed by atoms with van der Waals surface area (Å²) >= 11 is 0.988. The van der Waals surface area contributed by atoms with Crippen molar-refractivity contribution in [1.82, 2.24) is 0 Å². The van der Waals surface area contributed by atoms with Crippen LogP contribution in [0.25, 0.3) is 0 Å². The minimum atomic E-state index is -0.678. The lowest BCUT2D eigenvalue weighted by atomic mass is 10.1. The molecule has 146 valence electrons. The van der Waals surface area contributed by atoms with Crippen molar-refractivity contribution in [2.45, 2.75) is 20.8 Å². The molecule has 0 unspecified atom stereocenters. The van der Waals surface area contributed by atoms with Gasteiger partial charge in [0, 0.05) is 5.69 Å². The van der Waals surface area contributed by atoms with Gasteiger partial charge in [0.25, 0.3) is 11.8 Å². The molecule has 3 aromatic rings. The second kappa shape index (κ2) is 8.25. The highest BCUT2D eigenvalue weighted by molar-refractivity contribution is 7.18. The highest BCUT2D eigenvalue weighted by atomic mass is 32.1. The summed E-state index contributed by atoms with van der Waals surface area (Å²) in [6.45, 7) is 5.50. The summed E-state index contributed by atoms with van der Waals surface area (Å²) in [6, 6.07) is 13.2. The number of carbonyl (C=O) groups is 2. The molecule has 1 heterocycles. The van der Waals surface area contributed by atoms with Gasteiger partial charge in [-0.05, 0) is 55.7 Å². The van der Waals surface area contributed by atoms with Crippen molar-refractivity contribution in [2.24, 2.45) is 0 Å². The molecule has 5 nitrogen and oxygen atoms in total. The third kappa shape index (κ3) is 4.03. The van der Waals surface area contributed by atoms with E-state index in [1.807, 2.05) is 32.0 Å². The molecule has 0 bridgehead atoms. The standard InChI is InChI=1S/C22H18FN3O2S/c1-12-7-6-10-18(13(12)2)25-21(28)19-14(3)16(11-24)22(29-19)26-20(27)15-8-4-5-9-17(15)23/h4-10H,1-3H3,(H,25,28)(H,26,27). The Morgan fingerprint density at radius 2 is 1.69 bits per heavy atom. The SMILES string of the molecule is Cc1cccc(NC(=O)c2sc(NC(=O)c3ccccc3F)c(C#N)c2C)c1C. The van der Waals surface area contributed by atoms with Crippen LogP contribution in [0.3, 0.4) is 0 Å². The highest BCUT2D eigenvalue weighted by Gasteiger charge is 2.23. The summed E-state index contributed by atoms with van der Waals surface area (Å²) in [5.41, 5.74) is 3.18. The van der Waals surface area contributed by atoms with Crippen molar-refractivity contribution >= 4 is 33.8 Å². The molecule has 2 N–H and O–H groups in total. The molecule has 29 heavy (non-hydrogen) atoms. The van der Waals surface area contributed by atoms with Gasteiger partial charge in [0.2, 0.25) is 0 Å². The number of halogens is 1. The number of rotatable bonds is 4. The van der Waals surface area contributed by atoms with Crippen LogP contribution in [0, 0.1) is 37.9 Å². The van der Waals surface area contributed by atoms with E-state index in [-0.39, 0.29) is 22.0 Å². The first-order valence-electron chi connectivity index (χ1n) is 8.80. The average Bonchev–Trinajstić information content (AvgIpc) is 3.00. The molecule has 0 aliphatic carbocycles. The Hall–Kier alpha value is -3.50. The van der Waals surface area contributed by atoms with Gasteiger partial charge in [-0.15, -0.1) is 11.3 Å². The number of carbonyl (C=O) groups excluding carboxylic acids is 2. The van der Waals surface area contributed by atoms with Crippen molar-refractivity contribution in [3.05, 3.63) is 81.0 Å². The number of benzene rings is 2. The molecule has 3 rings (SSSR count). The number of nitriles is 1. The maximum absolute atomic E-state index is 13.9. The zero-order valence-electron chi connectivity index (χ0n) is 16.1. The second-order valence-corrected chi connectivity index (χ2v) is 7.53. The lowest BCUT2D eigenvalue weighted by Crippen LogP contribution is -2.13. The Morgan fingerprint density at radius 3 is 2.38 bits per heavy atom. The van der Waals surface area contributed by atoms with E-state index in [0.717, 1.165) is 22.5 Å². The average molecular weight is 407 g/mol. The Bertz CT molecular complexity index is 1160. The smallest absolute Gasteiger partial charge is 0.266 e. The predicted octanol–water partition coefficient (Wildman–Crippen LogP) is 5.19. The molecule has 2 amide bonds. The lowest BCUT2D eigenvalue weighted by molar-refractivity contribution is 0.101. The van der Waals surface area contributed by atoms with Crippen LogP contribution in [-0.2, 0) is 0 Å². The molecular formula is C22H18FN3O2S. The van der Waals surface area contributed by atoms with Crippen LogP contribution in [0.2, 0.25) is 0 Å². The first-order valence-corrected chi connectivity index (χ1v) is 9.62. The number of nitrogens with one attached hydrogen (secondary N) is 2. The molecule has 0 aliphatic heterocycles. The molecule has 0 aliphatic rings. The Labute approximate surface area is 171 Å². The van der Waals surface area contributed by atoms with Crippen LogP contribution >= 0.6 is 11.3 Å². The Morgan fingerprint density at radius 1 is 0.966 bits per heavy atom. The first-order chi connectivity index (χ1) is 13.8. The van der Waals surface area contributed by atoms with Gasteiger partial charge in [0.1, 0.15) is 16.9 Å². The highest BCUT2D eigenvalue weighted by Crippen LogP contribution is 2.34. The number of aryl methyl sites for hydroxylation is 1. The molecule has 0 radical (unpaired) electrons.